The lowest BCUT2D eigenvalue weighted by Crippen LogP contribution is -2.45. The molecule has 0 bridgehead atoms. The van der Waals surface area contributed by atoms with Crippen molar-refractivity contribution < 1.29 is 4.79 Å². The highest BCUT2D eigenvalue weighted by atomic mass is 16.1. The molecule has 0 spiro atoms. The number of Topliss-reactive ketones (excluding diaryl/α,β-unsaturated/α-hetero) is 1. The number of rotatable bonds is 2. The Hall–Kier alpha value is -0.590. The maximum absolute atomic E-state index is 12.2. The molecule has 4 atom stereocenters. The molecular weight excluding hydrogens is 232 g/mol. The lowest BCUT2D eigenvalue weighted by Gasteiger charge is -2.53. The van der Waals surface area contributed by atoms with Crippen molar-refractivity contribution in [2.24, 2.45) is 29.1 Å². The molecule has 0 aliphatic heterocycles. The van der Waals surface area contributed by atoms with E-state index in [9.17, 15) is 4.79 Å². The van der Waals surface area contributed by atoms with Crippen molar-refractivity contribution in [2.45, 2.75) is 66.7 Å². The van der Waals surface area contributed by atoms with Crippen molar-refractivity contribution in [1.82, 2.24) is 0 Å². The van der Waals surface area contributed by atoms with E-state index in [2.05, 4.69) is 33.8 Å². The predicted molar refractivity (Wildman–Crippen MR) is 80.9 cm³/mol. The van der Waals surface area contributed by atoms with Crippen molar-refractivity contribution in [3.05, 3.63) is 11.6 Å². The second-order valence-electron chi connectivity index (χ2n) is 7.57. The van der Waals surface area contributed by atoms with E-state index in [0.717, 1.165) is 18.3 Å². The Labute approximate surface area is 118 Å². The van der Waals surface area contributed by atoms with Crippen molar-refractivity contribution in [3.8, 4) is 0 Å². The van der Waals surface area contributed by atoms with Gasteiger partial charge in [0.25, 0.3) is 0 Å². The van der Waals surface area contributed by atoms with Gasteiger partial charge in [0.05, 0.1) is 0 Å². The molecule has 2 aliphatic rings. The van der Waals surface area contributed by atoms with Gasteiger partial charge in [-0.1, -0.05) is 52.2 Å². The van der Waals surface area contributed by atoms with E-state index in [0.29, 0.717) is 23.5 Å². The molecule has 0 saturated heterocycles. The fourth-order valence-corrected chi connectivity index (χ4v) is 4.34. The first kappa shape index (κ1) is 14.8. The van der Waals surface area contributed by atoms with Crippen LogP contribution in [0.2, 0.25) is 0 Å². The van der Waals surface area contributed by atoms with E-state index in [4.69, 9.17) is 0 Å². The number of carbonyl (C=O) groups excluding carboxylic acids is 1. The average molecular weight is 262 g/mol. The quantitative estimate of drug-likeness (QED) is 0.639. The van der Waals surface area contributed by atoms with E-state index in [-0.39, 0.29) is 5.92 Å². The second kappa shape index (κ2) is 5.42. The van der Waals surface area contributed by atoms with Gasteiger partial charge in [0.2, 0.25) is 0 Å². The number of hydrogen-bond acceptors (Lipinski definition) is 1. The van der Waals surface area contributed by atoms with Crippen molar-refractivity contribution in [2.75, 3.05) is 0 Å². The van der Waals surface area contributed by atoms with Gasteiger partial charge in [0.1, 0.15) is 5.78 Å². The molecule has 2 rings (SSSR count). The van der Waals surface area contributed by atoms with E-state index in [1.165, 1.54) is 24.8 Å². The molecule has 1 nitrogen and oxygen atoms in total. The monoisotopic (exact) mass is 262 g/mol. The van der Waals surface area contributed by atoms with Gasteiger partial charge in [-0.25, -0.2) is 0 Å². The van der Waals surface area contributed by atoms with Gasteiger partial charge in [0.15, 0.2) is 0 Å². The largest absolute Gasteiger partial charge is 0.299 e. The maximum atomic E-state index is 12.2. The normalized spacial score (nSPS) is 40.8. The summed E-state index contributed by atoms with van der Waals surface area (Å²) in [5, 5.41) is 0. The van der Waals surface area contributed by atoms with Crippen LogP contribution >= 0.6 is 0 Å². The standard InChI is InChI=1S/C18H30O/c1-6-17(19)14-9-7-8-12(2)15-11-18(4,5)16(15)10-13(14)3/h10,12,14-16H,6-9,11H2,1-5H3/b13-10-. The third kappa shape index (κ3) is 2.80. The molecule has 108 valence electrons. The SMILES string of the molecule is CCC(=O)C1CCCC(C)C2CC(C)(C)C2/C=C\1C. The van der Waals surface area contributed by atoms with Crippen LogP contribution in [0.1, 0.15) is 66.7 Å². The summed E-state index contributed by atoms with van der Waals surface area (Å²) in [6.07, 6.45) is 8.09. The fourth-order valence-electron chi connectivity index (χ4n) is 4.34. The lowest BCUT2D eigenvalue weighted by molar-refractivity contribution is -0.121. The molecular formula is C18H30O. The van der Waals surface area contributed by atoms with Gasteiger partial charge in [-0.2, -0.15) is 0 Å². The molecule has 0 aromatic heterocycles. The minimum absolute atomic E-state index is 0.201. The first-order chi connectivity index (χ1) is 8.86. The number of ketones is 1. The number of carbonyl (C=O) groups is 1. The zero-order chi connectivity index (χ0) is 14.2. The summed E-state index contributed by atoms with van der Waals surface area (Å²) < 4.78 is 0. The van der Waals surface area contributed by atoms with Crippen LogP contribution in [0.5, 0.6) is 0 Å². The van der Waals surface area contributed by atoms with Crippen molar-refractivity contribution in [1.29, 1.82) is 0 Å². The first-order valence-electron chi connectivity index (χ1n) is 8.08. The van der Waals surface area contributed by atoms with Gasteiger partial charge >= 0.3 is 0 Å². The average Bonchev–Trinajstić information content (AvgIpc) is 2.40. The second-order valence-corrected chi connectivity index (χ2v) is 7.57. The van der Waals surface area contributed by atoms with Crippen LogP contribution in [0.4, 0.5) is 0 Å². The molecule has 0 heterocycles. The summed E-state index contributed by atoms with van der Waals surface area (Å²) in [7, 11) is 0. The number of hydrogen-bond donors (Lipinski definition) is 0. The third-order valence-electron chi connectivity index (χ3n) is 5.74. The Kier molecular flexibility index (Phi) is 4.23. The summed E-state index contributed by atoms with van der Waals surface area (Å²) >= 11 is 0. The van der Waals surface area contributed by atoms with Gasteiger partial charge < -0.3 is 0 Å². The molecule has 0 N–H and O–H groups in total. The van der Waals surface area contributed by atoms with Crippen LogP contribution in [0.25, 0.3) is 0 Å². The van der Waals surface area contributed by atoms with Crippen LogP contribution < -0.4 is 0 Å². The zero-order valence-electron chi connectivity index (χ0n) is 13.3. The van der Waals surface area contributed by atoms with Gasteiger partial charge in [-0.05, 0) is 42.9 Å². The minimum Gasteiger partial charge on any atom is -0.299 e. The van der Waals surface area contributed by atoms with Crippen molar-refractivity contribution in [3.63, 3.8) is 0 Å². The summed E-state index contributed by atoms with van der Waals surface area (Å²) in [4.78, 5) is 12.2. The van der Waals surface area contributed by atoms with Gasteiger partial charge in [-0.3, -0.25) is 4.79 Å². The van der Waals surface area contributed by atoms with E-state index < -0.39 is 0 Å². The zero-order valence-corrected chi connectivity index (χ0v) is 13.3. The highest BCUT2D eigenvalue weighted by Gasteiger charge is 2.48. The van der Waals surface area contributed by atoms with E-state index >= 15 is 0 Å². The molecule has 0 radical (unpaired) electrons. The Bertz CT molecular complexity index is 377. The highest BCUT2D eigenvalue weighted by Crippen LogP contribution is 2.56. The summed E-state index contributed by atoms with van der Waals surface area (Å²) in [6, 6.07) is 0. The first-order valence-corrected chi connectivity index (χ1v) is 8.08. The van der Waals surface area contributed by atoms with Crippen LogP contribution in [0, 0.1) is 29.1 Å². The summed E-state index contributed by atoms with van der Waals surface area (Å²) in [5.41, 5.74) is 1.79. The molecule has 0 aromatic rings. The Balaban J connectivity index is 2.26. The van der Waals surface area contributed by atoms with Gasteiger partial charge in [0, 0.05) is 12.3 Å². The predicted octanol–water partition coefficient (Wildman–Crippen LogP) is 5.01. The number of allylic oxidation sites excluding steroid dienone is 2. The molecule has 1 fully saturated rings. The smallest absolute Gasteiger partial charge is 0.139 e. The van der Waals surface area contributed by atoms with Crippen LogP contribution in [0.15, 0.2) is 11.6 Å². The van der Waals surface area contributed by atoms with Crippen LogP contribution in [-0.4, -0.2) is 5.78 Å². The van der Waals surface area contributed by atoms with E-state index in [1.54, 1.807) is 0 Å². The topological polar surface area (TPSA) is 17.1 Å². The molecule has 1 heteroatoms. The molecule has 0 aromatic carbocycles. The molecule has 0 amide bonds. The molecule has 1 saturated carbocycles. The van der Waals surface area contributed by atoms with E-state index in [1.807, 2.05) is 6.92 Å². The Morgan fingerprint density at radius 1 is 1.37 bits per heavy atom. The van der Waals surface area contributed by atoms with Gasteiger partial charge in [-0.15, -0.1) is 0 Å². The molecule has 2 aliphatic carbocycles. The lowest BCUT2D eigenvalue weighted by atomic mass is 9.52. The summed E-state index contributed by atoms with van der Waals surface area (Å²) in [6.45, 7) is 11.4. The maximum Gasteiger partial charge on any atom is 0.139 e. The molecule has 4 unspecified atom stereocenters. The van der Waals surface area contributed by atoms with Crippen LogP contribution in [0.3, 0.4) is 0 Å². The fraction of sp³-hybridized carbons (Fsp3) is 0.833. The highest BCUT2D eigenvalue weighted by molar-refractivity contribution is 5.83. The Morgan fingerprint density at radius 3 is 2.63 bits per heavy atom. The minimum atomic E-state index is 0.201. The molecule has 19 heavy (non-hydrogen) atoms. The van der Waals surface area contributed by atoms with Crippen molar-refractivity contribution >= 4 is 5.78 Å². The number of fused-ring (bicyclic) bond motifs is 1. The third-order valence-corrected chi connectivity index (χ3v) is 5.74. The Morgan fingerprint density at radius 2 is 2.05 bits per heavy atom. The summed E-state index contributed by atoms with van der Waals surface area (Å²) in [5.74, 6) is 3.00. The van der Waals surface area contributed by atoms with Crippen LogP contribution in [-0.2, 0) is 4.79 Å².